The lowest BCUT2D eigenvalue weighted by Gasteiger charge is -2.26. The fourth-order valence-electron chi connectivity index (χ4n) is 3.89. The Morgan fingerprint density at radius 1 is 1.22 bits per heavy atom. The van der Waals surface area contributed by atoms with Gasteiger partial charge in [0.15, 0.2) is 22.9 Å². The second-order valence-corrected chi connectivity index (χ2v) is 7.99. The first kappa shape index (κ1) is 21.6. The molecule has 0 spiro atoms. The van der Waals surface area contributed by atoms with Gasteiger partial charge in [-0.05, 0) is 29.8 Å². The summed E-state index contributed by atoms with van der Waals surface area (Å²) < 4.78 is 24.6. The van der Waals surface area contributed by atoms with Gasteiger partial charge in [-0.25, -0.2) is 4.39 Å². The summed E-state index contributed by atoms with van der Waals surface area (Å²) in [5.74, 6) is -1.86. The number of Topliss-reactive ketones (excluding diaryl/α,β-unsaturated/α-hetero) is 1. The van der Waals surface area contributed by atoms with Gasteiger partial charge in [-0.3, -0.25) is 9.59 Å². The maximum Gasteiger partial charge on any atom is 0.290 e. The molecule has 2 heterocycles. The molecule has 0 aliphatic carbocycles. The summed E-state index contributed by atoms with van der Waals surface area (Å²) >= 11 is 0. The van der Waals surface area contributed by atoms with Crippen LogP contribution in [0.15, 0.2) is 64.3 Å². The summed E-state index contributed by atoms with van der Waals surface area (Å²) in [5.41, 5.74) is 0.831. The van der Waals surface area contributed by atoms with Crippen LogP contribution in [0.4, 0.5) is 4.39 Å². The average molecular weight is 439 g/mol. The van der Waals surface area contributed by atoms with Crippen LogP contribution in [-0.4, -0.2) is 56.0 Å². The number of para-hydroxylation sites is 1. The van der Waals surface area contributed by atoms with Crippen LogP contribution in [0.25, 0.3) is 11.0 Å². The van der Waals surface area contributed by atoms with E-state index in [1.165, 1.54) is 36.3 Å². The normalized spacial score (nSPS) is 16.5. The topological polar surface area (TPSA) is 84.4 Å². The molecule has 0 bridgehead atoms. The number of furan rings is 1. The zero-order chi connectivity index (χ0) is 23.0. The number of nitrogens with one attached hydrogen (secondary N) is 1. The summed E-state index contributed by atoms with van der Waals surface area (Å²) in [5, 5.41) is 11.4. The lowest BCUT2D eigenvalue weighted by molar-refractivity contribution is -0.857. The molecule has 0 unspecified atom stereocenters. The van der Waals surface area contributed by atoms with E-state index in [2.05, 4.69) is 0 Å². The molecule has 1 amide bonds. The summed E-state index contributed by atoms with van der Waals surface area (Å²) in [6, 6.07) is 11.5. The van der Waals surface area contributed by atoms with E-state index in [-0.39, 0.29) is 11.3 Å². The molecule has 4 rings (SSSR count). The molecule has 3 aromatic rings. The second kappa shape index (κ2) is 8.47. The number of hydrogen-bond donors (Lipinski definition) is 2. The Kier molecular flexibility index (Phi) is 5.71. The number of quaternary nitrogens is 1. The van der Waals surface area contributed by atoms with Crippen LogP contribution < -0.4 is 9.64 Å². The second-order valence-electron chi connectivity index (χ2n) is 7.99. The third-order valence-corrected chi connectivity index (χ3v) is 5.54. The summed E-state index contributed by atoms with van der Waals surface area (Å²) in [6.07, 6.45) is 0. The minimum Gasteiger partial charge on any atom is -0.503 e. The number of nitrogens with zero attached hydrogens (tertiary/aromatic N) is 1. The standard InChI is InChI=1S/C24H23FN2O5/c1-26(2)11-12-27-20(14-7-9-16(25)10-8-14)19(22(29)24(27)30)21(28)18-13-15-5-4-6-17(31-3)23(15)32-18/h4-10,13,20,29H,11-12H2,1-3H3/p+1/t20-/m1/s1. The van der Waals surface area contributed by atoms with Gasteiger partial charge in [0.25, 0.3) is 5.91 Å². The molecule has 1 aliphatic heterocycles. The van der Waals surface area contributed by atoms with Gasteiger partial charge in [-0.1, -0.05) is 24.3 Å². The van der Waals surface area contributed by atoms with E-state index in [4.69, 9.17) is 9.15 Å². The van der Waals surface area contributed by atoms with Gasteiger partial charge in [-0.2, -0.15) is 0 Å². The highest BCUT2D eigenvalue weighted by atomic mass is 19.1. The first-order valence-corrected chi connectivity index (χ1v) is 10.2. The fraction of sp³-hybridized carbons (Fsp3) is 0.250. The summed E-state index contributed by atoms with van der Waals surface area (Å²) in [4.78, 5) is 28.9. The first-order chi connectivity index (χ1) is 15.3. The van der Waals surface area contributed by atoms with Crippen molar-refractivity contribution in [3.05, 3.63) is 77.0 Å². The molecule has 2 aromatic carbocycles. The average Bonchev–Trinajstić information content (AvgIpc) is 3.32. The van der Waals surface area contributed by atoms with Crippen molar-refractivity contribution in [2.45, 2.75) is 6.04 Å². The van der Waals surface area contributed by atoms with Crippen LogP contribution in [-0.2, 0) is 4.79 Å². The van der Waals surface area contributed by atoms with E-state index in [1.807, 2.05) is 14.1 Å². The van der Waals surface area contributed by atoms with Crippen molar-refractivity contribution in [1.82, 2.24) is 4.90 Å². The number of rotatable bonds is 7. The zero-order valence-electron chi connectivity index (χ0n) is 18.0. The number of halogens is 1. The van der Waals surface area contributed by atoms with Crippen molar-refractivity contribution in [3.63, 3.8) is 0 Å². The largest absolute Gasteiger partial charge is 0.503 e. The van der Waals surface area contributed by atoms with Crippen LogP contribution in [0.5, 0.6) is 5.75 Å². The van der Waals surface area contributed by atoms with E-state index in [9.17, 15) is 19.1 Å². The van der Waals surface area contributed by atoms with E-state index in [0.717, 1.165) is 4.90 Å². The van der Waals surface area contributed by atoms with E-state index in [1.54, 1.807) is 24.3 Å². The Bertz CT molecular complexity index is 1210. The van der Waals surface area contributed by atoms with Crippen molar-refractivity contribution in [2.24, 2.45) is 0 Å². The lowest BCUT2D eigenvalue weighted by atomic mass is 9.95. The molecular weight excluding hydrogens is 415 g/mol. The summed E-state index contributed by atoms with van der Waals surface area (Å²) in [6.45, 7) is 0.901. The van der Waals surface area contributed by atoms with Gasteiger partial charge in [0.05, 0.1) is 45.9 Å². The first-order valence-electron chi connectivity index (χ1n) is 10.2. The number of carbonyl (C=O) groups is 2. The highest BCUT2D eigenvalue weighted by Crippen LogP contribution is 2.40. The Hall–Kier alpha value is -3.65. The lowest BCUT2D eigenvalue weighted by Crippen LogP contribution is -3.06. The van der Waals surface area contributed by atoms with Gasteiger partial charge in [0, 0.05) is 5.39 Å². The van der Waals surface area contributed by atoms with Crippen LogP contribution >= 0.6 is 0 Å². The van der Waals surface area contributed by atoms with E-state index < -0.39 is 29.3 Å². The number of aliphatic hydroxyl groups is 1. The molecule has 0 saturated carbocycles. The quantitative estimate of drug-likeness (QED) is 0.552. The molecule has 0 fully saturated rings. The van der Waals surface area contributed by atoms with Crippen molar-refractivity contribution in [3.8, 4) is 5.75 Å². The molecular formula is C24H24FN2O5+. The minimum atomic E-state index is -0.856. The third kappa shape index (κ3) is 3.73. The molecule has 2 N–H and O–H groups in total. The molecule has 1 aliphatic rings. The Balaban J connectivity index is 1.79. The Morgan fingerprint density at radius 3 is 2.59 bits per heavy atom. The highest BCUT2D eigenvalue weighted by molar-refractivity contribution is 6.16. The number of hydrogen-bond acceptors (Lipinski definition) is 5. The van der Waals surface area contributed by atoms with Crippen LogP contribution in [0.3, 0.4) is 0 Å². The summed E-state index contributed by atoms with van der Waals surface area (Å²) in [7, 11) is 5.38. The number of carbonyl (C=O) groups excluding carboxylic acids is 2. The molecule has 0 radical (unpaired) electrons. The number of likely N-dealkylation sites (N-methyl/N-ethyl adjacent to an activating group) is 1. The SMILES string of the molecule is COc1cccc2cc(C(=O)C3=C(O)C(=O)N(CC[NH+](C)C)[C@@H]3c3ccc(F)cc3)oc12. The Morgan fingerprint density at radius 2 is 1.94 bits per heavy atom. The maximum absolute atomic E-state index is 13.5. The van der Waals surface area contributed by atoms with Gasteiger partial charge in [0.1, 0.15) is 5.82 Å². The zero-order valence-corrected chi connectivity index (χ0v) is 18.0. The predicted octanol–water partition coefficient (Wildman–Crippen LogP) is 2.30. The van der Waals surface area contributed by atoms with Crippen LogP contribution in [0.2, 0.25) is 0 Å². The van der Waals surface area contributed by atoms with E-state index >= 15 is 0 Å². The minimum absolute atomic E-state index is 0.0222. The number of ether oxygens (including phenoxy) is 1. The highest BCUT2D eigenvalue weighted by Gasteiger charge is 2.44. The van der Waals surface area contributed by atoms with Crippen molar-refractivity contribution in [2.75, 3.05) is 34.3 Å². The van der Waals surface area contributed by atoms with Crippen molar-refractivity contribution >= 4 is 22.7 Å². The number of amides is 1. The third-order valence-electron chi connectivity index (χ3n) is 5.54. The fourth-order valence-corrected chi connectivity index (χ4v) is 3.89. The number of fused-ring (bicyclic) bond motifs is 1. The molecule has 1 atom stereocenters. The maximum atomic E-state index is 13.5. The number of ketones is 1. The molecule has 7 nitrogen and oxygen atoms in total. The molecule has 166 valence electrons. The smallest absolute Gasteiger partial charge is 0.290 e. The van der Waals surface area contributed by atoms with Crippen molar-refractivity contribution in [1.29, 1.82) is 0 Å². The van der Waals surface area contributed by atoms with Gasteiger partial charge in [0.2, 0.25) is 5.78 Å². The van der Waals surface area contributed by atoms with Gasteiger partial charge >= 0.3 is 0 Å². The van der Waals surface area contributed by atoms with E-state index in [0.29, 0.717) is 35.4 Å². The predicted molar refractivity (Wildman–Crippen MR) is 115 cm³/mol. The molecule has 0 saturated heterocycles. The Labute approximate surface area is 184 Å². The van der Waals surface area contributed by atoms with Crippen molar-refractivity contribution < 1.29 is 33.1 Å². The molecule has 8 heteroatoms. The van der Waals surface area contributed by atoms with Crippen LogP contribution in [0, 0.1) is 5.82 Å². The number of benzene rings is 2. The molecule has 1 aromatic heterocycles. The molecule has 32 heavy (non-hydrogen) atoms. The number of methoxy groups -OCH3 is 1. The monoisotopic (exact) mass is 439 g/mol. The van der Waals surface area contributed by atoms with Gasteiger partial charge in [-0.15, -0.1) is 0 Å². The number of aliphatic hydroxyl groups excluding tert-OH is 1. The van der Waals surface area contributed by atoms with Gasteiger partial charge < -0.3 is 24.1 Å². The van der Waals surface area contributed by atoms with Crippen LogP contribution in [0.1, 0.15) is 22.2 Å².